The first kappa shape index (κ1) is 8.89. The Balaban J connectivity index is 3.21. The zero-order valence-electron chi connectivity index (χ0n) is 7.51. The van der Waals surface area contributed by atoms with Gasteiger partial charge in [-0.15, -0.1) is 6.42 Å². The molecule has 0 aliphatic heterocycles. The van der Waals surface area contributed by atoms with Crippen molar-refractivity contribution in [1.29, 1.82) is 0 Å². The fourth-order valence-corrected chi connectivity index (χ4v) is 1.19. The zero-order chi connectivity index (χ0) is 9.35. The van der Waals surface area contributed by atoms with Crippen LogP contribution in [-0.2, 0) is 5.60 Å². The highest BCUT2D eigenvalue weighted by atomic mass is 16.3. The number of hydrogen-bond acceptors (Lipinski definition) is 2. The van der Waals surface area contributed by atoms with Crippen molar-refractivity contribution in [3.8, 4) is 12.3 Å². The highest BCUT2D eigenvalue weighted by Gasteiger charge is 2.24. The van der Waals surface area contributed by atoms with Crippen LogP contribution in [0.5, 0.6) is 0 Å². The van der Waals surface area contributed by atoms with Crippen LogP contribution in [0.3, 0.4) is 0 Å². The Morgan fingerprint density at radius 1 is 1.58 bits per heavy atom. The molecule has 1 aromatic heterocycles. The van der Waals surface area contributed by atoms with E-state index in [1.54, 1.807) is 19.9 Å². The van der Waals surface area contributed by atoms with E-state index in [9.17, 15) is 5.11 Å². The molecule has 0 saturated heterocycles. The van der Waals surface area contributed by atoms with Crippen LogP contribution in [-0.4, -0.2) is 5.11 Å². The first-order valence-electron chi connectivity index (χ1n) is 3.75. The molecule has 1 rings (SSSR count). The predicted molar refractivity (Wildman–Crippen MR) is 46.6 cm³/mol. The summed E-state index contributed by atoms with van der Waals surface area (Å²) < 4.78 is 5.25. The van der Waals surface area contributed by atoms with E-state index >= 15 is 0 Å². The molecule has 0 bridgehead atoms. The highest BCUT2D eigenvalue weighted by Crippen LogP contribution is 2.25. The van der Waals surface area contributed by atoms with E-state index < -0.39 is 5.60 Å². The Bertz CT molecular complexity index is 326. The lowest BCUT2D eigenvalue weighted by Gasteiger charge is -2.14. The van der Waals surface area contributed by atoms with Gasteiger partial charge >= 0.3 is 0 Å². The topological polar surface area (TPSA) is 33.4 Å². The summed E-state index contributed by atoms with van der Waals surface area (Å²) in [5.74, 6) is 3.75. The standard InChI is InChI=1S/C10H12O2/c1-5-10(4,11)9-6-7(2)12-8(9)3/h1,6,11H,2-4H3. The van der Waals surface area contributed by atoms with Crippen molar-refractivity contribution in [2.45, 2.75) is 26.4 Å². The van der Waals surface area contributed by atoms with Crippen molar-refractivity contribution in [3.05, 3.63) is 23.2 Å². The van der Waals surface area contributed by atoms with Crippen molar-refractivity contribution >= 4 is 0 Å². The summed E-state index contributed by atoms with van der Waals surface area (Å²) in [6, 6.07) is 1.76. The third-order valence-corrected chi connectivity index (χ3v) is 1.85. The second-order valence-electron chi connectivity index (χ2n) is 3.04. The minimum atomic E-state index is -1.22. The van der Waals surface area contributed by atoms with Crippen LogP contribution in [0.4, 0.5) is 0 Å². The Morgan fingerprint density at radius 3 is 2.50 bits per heavy atom. The van der Waals surface area contributed by atoms with Gasteiger partial charge in [-0.2, -0.15) is 0 Å². The zero-order valence-corrected chi connectivity index (χ0v) is 7.51. The van der Waals surface area contributed by atoms with E-state index in [1.165, 1.54) is 0 Å². The minimum Gasteiger partial charge on any atom is -0.466 e. The summed E-state index contributed by atoms with van der Waals surface area (Å²) in [5.41, 5.74) is -0.551. The molecule has 0 aliphatic carbocycles. The Hall–Kier alpha value is -1.20. The largest absolute Gasteiger partial charge is 0.466 e. The van der Waals surface area contributed by atoms with Gasteiger partial charge in [0.25, 0.3) is 0 Å². The summed E-state index contributed by atoms with van der Waals surface area (Å²) in [7, 11) is 0. The van der Waals surface area contributed by atoms with Gasteiger partial charge in [0.05, 0.1) is 0 Å². The van der Waals surface area contributed by atoms with Crippen molar-refractivity contribution in [2.75, 3.05) is 0 Å². The lowest BCUT2D eigenvalue weighted by atomic mass is 9.98. The van der Waals surface area contributed by atoms with E-state index in [-0.39, 0.29) is 0 Å². The Labute approximate surface area is 72.2 Å². The maximum absolute atomic E-state index is 9.69. The number of hydrogen-bond donors (Lipinski definition) is 1. The number of aliphatic hydroxyl groups is 1. The van der Waals surface area contributed by atoms with Gasteiger partial charge in [-0.05, 0) is 26.8 Å². The van der Waals surface area contributed by atoms with Gasteiger partial charge in [-0.3, -0.25) is 0 Å². The normalized spacial score (nSPS) is 15.2. The van der Waals surface area contributed by atoms with Crippen LogP contribution < -0.4 is 0 Å². The third-order valence-electron chi connectivity index (χ3n) is 1.85. The second-order valence-corrected chi connectivity index (χ2v) is 3.04. The molecule has 1 aromatic rings. The van der Waals surface area contributed by atoms with Gasteiger partial charge < -0.3 is 9.52 Å². The smallest absolute Gasteiger partial charge is 0.151 e. The molecular formula is C10H12O2. The van der Waals surface area contributed by atoms with Gasteiger partial charge in [0.15, 0.2) is 5.60 Å². The average molecular weight is 164 g/mol. The number of aryl methyl sites for hydroxylation is 2. The van der Waals surface area contributed by atoms with Gasteiger partial charge in [-0.25, -0.2) is 0 Å². The van der Waals surface area contributed by atoms with Gasteiger partial charge in [0, 0.05) is 5.56 Å². The van der Waals surface area contributed by atoms with E-state index in [4.69, 9.17) is 10.8 Å². The molecule has 2 nitrogen and oxygen atoms in total. The van der Waals surface area contributed by atoms with Crippen molar-refractivity contribution in [3.63, 3.8) is 0 Å². The lowest BCUT2D eigenvalue weighted by molar-refractivity contribution is 0.120. The lowest BCUT2D eigenvalue weighted by Crippen LogP contribution is -2.18. The molecule has 0 fully saturated rings. The van der Waals surface area contributed by atoms with Gasteiger partial charge in [0.2, 0.25) is 0 Å². The summed E-state index contributed by atoms with van der Waals surface area (Å²) in [4.78, 5) is 0. The molecule has 0 saturated carbocycles. The molecule has 64 valence electrons. The fraction of sp³-hybridized carbons (Fsp3) is 0.400. The molecule has 12 heavy (non-hydrogen) atoms. The number of furan rings is 1. The summed E-state index contributed by atoms with van der Waals surface area (Å²) in [6.07, 6.45) is 5.17. The van der Waals surface area contributed by atoms with Crippen LogP contribution in [0.1, 0.15) is 24.0 Å². The number of rotatable bonds is 1. The molecule has 0 spiro atoms. The highest BCUT2D eigenvalue weighted by molar-refractivity contribution is 5.32. The molecule has 1 N–H and O–H groups in total. The monoisotopic (exact) mass is 164 g/mol. The first-order valence-corrected chi connectivity index (χ1v) is 3.75. The Morgan fingerprint density at radius 2 is 2.17 bits per heavy atom. The third kappa shape index (κ3) is 1.37. The summed E-state index contributed by atoms with van der Waals surface area (Å²) in [5, 5.41) is 9.69. The molecule has 1 heterocycles. The maximum atomic E-state index is 9.69. The van der Waals surface area contributed by atoms with Crippen LogP contribution in [0, 0.1) is 26.2 Å². The summed E-state index contributed by atoms with van der Waals surface area (Å²) >= 11 is 0. The van der Waals surface area contributed by atoms with Crippen LogP contribution in [0.25, 0.3) is 0 Å². The molecule has 0 amide bonds. The van der Waals surface area contributed by atoms with Crippen LogP contribution >= 0.6 is 0 Å². The predicted octanol–water partition coefficient (Wildman–Crippen LogP) is 1.74. The molecule has 1 unspecified atom stereocenters. The van der Waals surface area contributed by atoms with Crippen molar-refractivity contribution < 1.29 is 9.52 Å². The molecular weight excluding hydrogens is 152 g/mol. The van der Waals surface area contributed by atoms with E-state index in [1.807, 2.05) is 6.92 Å². The van der Waals surface area contributed by atoms with Crippen LogP contribution in [0.15, 0.2) is 10.5 Å². The second kappa shape index (κ2) is 2.69. The molecule has 0 radical (unpaired) electrons. The molecule has 1 atom stereocenters. The van der Waals surface area contributed by atoms with Crippen molar-refractivity contribution in [1.82, 2.24) is 0 Å². The minimum absolute atomic E-state index is 0.669. The van der Waals surface area contributed by atoms with Gasteiger partial charge in [-0.1, -0.05) is 5.92 Å². The Kier molecular flexibility index (Phi) is 1.99. The van der Waals surface area contributed by atoms with Crippen molar-refractivity contribution in [2.24, 2.45) is 0 Å². The fourth-order valence-electron chi connectivity index (χ4n) is 1.19. The van der Waals surface area contributed by atoms with E-state index in [2.05, 4.69) is 5.92 Å². The molecule has 0 aliphatic rings. The van der Waals surface area contributed by atoms with Crippen LogP contribution in [0.2, 0.25) is 0 Å². The average Bonchev–Trinajstić information content (AvgIpc) is 2.31. The van der Waals surface area contributed by atoms with Gasteiger partial charge in [0.1, 0.15) is 11.5 Å². The van der Waals surface area contributed by atoms with E-state index in [0.29, 0.717) is 11.3 Å². The maximum Gasteiger partial charge on any atom is 0.151 e. The molecule has 2 heteroatoms. The SMILES string of the molecule is C#CC(C)(O)c1cc(C)oc1C. The van der Waals surface area contributed by atoms with E-state index in [0.717, 1.165) is 5.76 Å². The first-order chi connectivity index (χ1) is 5.47. The number of terminal acetylenes is 1. The quantitative estimate of drug-likeness (QED) is 0.641. The molecule has 0 aromatic carbocycles. The summed E-state index contributed by atoms with van der Waals surface area (Å²) in [6.45, 7) is 5.18.